The first-order valence-electron chi connectivity index (χ1n) is 5.43. The third kappa shape index (κ3) is 10.7. The van der Waals surface area contributed by atoms with Crippen molar-refractivity contribution in [3.63, 3.8) is 0 Å². The topological polar surface area (TPSA) is 78.9 Å². The second-order valence-electron chi connectivity index (χ2n) is 3.80. The van der Waals surface area contributed by atoms with Crippen molar-refractivity contribution in [1.29, 1.82) is 0 Å². The highest BCUT2D eigenvalue weighted by molar-refractivity contribution is 5.84. The Labute approximate surface area is 119 Å². The van der Waals surface area contributed by atoms with E-state index >= 15 is 0 Å². The molecule has 0 aromatic carbocycles. The van der Waals surface area contributed by atoms with Crippen LogP contribution in [-0.2, 0) is 28.6 Å². The van der Waals surface area contributed by atoms with E-state index in [0.717, 1.165) is 6.92 Å². The van der Waals surface area contributed by atoms with E-state index in [0.29, 0.717) is 0 Å². The van der Waals surface area contributed by atoms with Gasteiger partial charge in [-0.25, -0.2) is 4.79 Å². The van der Waals surface area contributed by atoms with Crippen molar-refractivity contribution in [3.05, 3.63) is 0 Å². The lowest BCUT2D eigenvalue weighted by molar-refractivity contribution is -0.198. The zero-order valence-electron chi connectivity index (χ0n) is 10.9. The molecule has 0 N–H and O–H groups in total. The zero-order valence-corrected chi connectivity index (χ0v) is 10.9. The summed E-state index contributed by atoms with van der Waals surface area (Å²) in [6, 6.07) is 0. The van der Waals surface area contributed by atoms with Crippen molar-refractivity contribution in [3.8, 4) is 0 Å². The van der Waals surface area contributed by atoms with E-state index in [2.05, 4.69) is 14.2 Å². The lowest BCUT2D eigenvalue weighted by Crippen LogP contribution is -2.34. The Bertz CT molecular complexity index is 415. The molecule has 12 heteroatoms. The molecule has 0 bridgehead atoms. The molecule has 0 aliphatic rings. The number of hydrogen-bond acceptors (Lipinski definition) is 6. The summed E-state index contributed by atoms with van der Waals surface area (Å²) in [6.45, 7) is -3.21. The summed E-state index contributed by atoms with van der Waals surface area (Å²) >= 11 is 0. The van der Waals surface area contributed by atoms with E-state index in [1.54, 1.807) is 0 Å². The number of halogens is 6. The fourth-order valence-corrected chi connectivity index (χ4v) is 0.992. The van der Waals surface area contributed by atoms with Crippen LogP contribution in [0.5, 0.6) is 0 Å². The van der Waals surface area contributed by atoms with Gasteiger partial charge in [0, 0.05) is 6.92 Å². The second-order valence-corrected chi connectivity index (χ2v) is 3.80. The van der Waals surface area contributed by atoms with E-state index in [-0.39, 0.29) is 0 Å². The second kappa shape index (κ2) is 7.84. The number of ether oxygens (including phenoxy) is 3. The molecule has 1 atom stereocenters. The predicted octanol–water partition coefficient (Wildman–Crippen LogP) is 1.52. The SMILES string of the molecule is CC(=O)OC(CC(=O)OCC(F)(F)F)C(=O)OCC(F)(F)F. The molecular weight excluding hydrogens is 330 g/mol. The molecule has 0 heterocycles. The van der Waals surface area contributed by atoms with Crippen molar-refractivity contribution in [1.82, 2.24) is 0 Å². The molecule has 6 nitrogen and oxygen atoms in total. The van der Waals surface area contributed by atoms with Crippen molar-refractivity contribution in [2.45, 2.75) is 31.8 Å². The maximum absolute atomic E-state index is 11.9. The van der Waals surface area contributed by atoms with Gasteiger partial charge in [0.2, 0.25) is 6.10 Å². The molecule has 1 unspecified atom stereocenters. The number of hydrogen-bond donors (Lipinski definition) is 0. The Morgan fingerprint density at radius 3 is 1.77 bits per heavy atom. The lowest BCUT2D eigenvalue weighted by Gasteiger charge is -2.16. The standard InChI is InChI=1S/C10H10F6O6/c1-5(17)22-6(8(19)21-4-10(14,15)16)2-7(18)20-3-9(11,12)13/h6H,2-4H2,1H3. The summed E-state index contributed by atoms with van der Waals surface area (Å²) in [5, 5.41) is 0. The summed E-state index contributed by atoms with van der Waals surface area (Å²) in [5.41, 5.74) is 0. The summed E-state index contributed by atoms with van der Waals surface area (Å²) in [6.07, 6.45) is -13.1. The zero-order chi connectivity index (χ0) is 17.6. The molecule has 0 aromatic heterocycles. The quantitative estimate of drug-likeness (QED) is 0.414. The first-order valence-corrected chi connectivity index (χ1v) is 5.43. The van der Waals surface area contributed by atoms with E-state index in [1.165, 1.54) is 0 Å². The van der Waals surface area contributed by atoms with Crippen LogP contribution in [0.3, 0.4) is 0 Å². The molecule has 22 heavy (non-hydrogen) atoms. The van der Waals surface area contributed by atoms with Crippen LogP contribution in [-0.4, -0.2) is 49.6 Å². The Morgan fingerprint density at radius 1 is 0.909 bits per heavy atom. The smallest absolute Gasteiger partial charge is 0.422 e. The van der Waals surface area contributed by atoms with Gasteiger partial charge in [-0.1, -0.05) is 0 Å². The molecule has 0 saturated heterocycles. The number of carbonyl (C=O) groups is 3. The molecular formula is C10H10F6O6. The number of rotatable bonds is 6. The average molecular weight is 340 g/mol. The van der Waals surface area contributed by atoms with Gasteiger partial charge in [-0.15, -0.1) is 0 Å². The van der Waals surface area contributed by atoms with Crippen LogP contribution in [0, 0.1) is 0 Å². The molecule has 128 valence electrons. The van der Waals surface area contributed by atoms with Crippen LogP contribution in [0.15, 0.2) is 0 Å². The first kappa shape index (κ1) is 20.0. The van der Waals surface area contributed by atoms with Gasteiger partial charge >= 0.3 is 30.3 Å². The van der Waals surface area contributed by atoms with Crippen molar-refractivity contribution < 1.29 is 54.9 Å². The molecule has 0 radical (unpaired) electrons. The number of esters is 3. The highest BCUT2D eigenvalue weighted by atomic mass is 19.4. The van der Waals surface area contributed by atoms with Crippen LogP contribution in [0.1, 0.15) is 13.3 Å². The van der Waals surface area contributed by atoms with Crippen LogP contribution in [0.4, 0.5) is 26.3 Å². The molecule has 0 aliphatic heterocycles. The molecule has 0 fully saturated rings. The van der Waals surface area contributed by atoms with Gasteiger partial charge in [0.1, 0.15) is 0 Å². The van der Waals surface area contributed by atoms with Gasteiger partial charge in [0.25, 0.3) is 0 Å². The van der Waals surface area contributed by atoms with Crippen LogP contribution < -0.4 is 0 Å². The molecule has 0 saturated carbocycles. The summed E-state index contributed by atoms with van der Waals surface area (Å²) < 4.78 is 82.6. The maximum atomic E-state index is 11.9. The molecule has 0 rings (SSSR count). The monoisotopic (exact) mass is 340 g/mol. The van der Waals surface area contributed by atoms with Crippen LogP contribution >= 0.6 is 0 Å². The third-order valence-corrected chi connectivity index (χ3v) is 1.70. The van der Waals surface area contributed by atoms with Gasteiger partial charge in [-0.05, 0) is 0 Å². The highest BCUT2D eigenvalue weighted by Gasteiger charge is 2.35. The van der Waals surface area contributed by atoms with E-state index < -0.39 is 56.0 Å². The lowest BCUT2D eigenvalue weighted by atomic mass is 10.2. The largest absolute Gasteiger partial charge is 0.456 e. The Hall–Kier alpha value is -2.01. The van der Waals surface area contributed by atoms with Gasteiger partial charge < -0.3 is 14.2 Å². The maximum Gasteiger partial charge on any atom is 0.422 e. The minimum absolute atomic E-state index is 0.769. The molecule has 0 aliphatic carbocycles. The van der Waals surface area contributed by atoms with Gasteiger partial charge in [-0.3, -0.25) is 9.59 Å². The fraction of sp³-hybridized carbons (Fsp3) is 0.700. The number of alkyl halides is 6. The van der Waals surface area contributed by atoms with Gasteiger partial charge in [0.05, 0.1) is 6.42 Å². The van der Waals surface area contributed by atoms with Gasteiger partial charge in [0.15, 0.2) is 13.2 Å². The summed E-state index contributed by atoms with van der Waals surface area (Å²) in [5.74, 6) is -4.50. The normalized spacial score (nSPS) is 13.2. The summed E-state index contributed by atoms with van der Waals surface area (Å²) in [7, 11) is 0. The predicted molar refractivity (Wildman–Crippen MR) is 54.2 cm³/mol. The fourth-order valence-electron chi connectivity index (χ4n) is 0.992. The van der Waals surface area contributed by atoms with Crippen LogP contribution in [0.25, 0.3) is 0 Å². The van der Waals surface area contributed by atoms with Crippen molar-refractivity contribution in [2.24, 2.45) is 0 Å². The summed E-state index contributed by atoms with van der Waals surface area (Å²) in [4.78, 5) is 33.0. The minimum atomic E-state index is -4.87. The minimum Gasteiger partial charge on any atom is -0.456 e. The number of carbonyl (C=O) groups excluding carboxylic acids is 3. The van der Waals surface area contributed by atoms with E-state index in [1.807, 2.05) is 0 Å². The Kier molecular flexibility index (Phi) is 7.13. The highest BCUT2D eigenvalue weighted by Crippen LogP contribution is 2.17. The van der Waals surface area contributed by atoms with E-state index in [9.17, 15) is 40.7 Å². The van der Waals surface area contributed by atoms with Crippen molar-refractivity contribution >= 4 is 17.9 Å². The third-order valence-electron chi connectivity index (χ3n) is 1.70. The van der Waals surface area contributed by atoms with Crippen molar-refractivity contribution in [2.75, 3.05) is 13.2 Å². The molecule has 0 aromatic rings. The van der Waals surface area contributed by atoms with Gasteiger partial charge in [-0.2, -0.15) is 26.3 Å². The van der Waals surface area contributed by atoms with E-state index in [4.69, 9.17) is 0 Å². The molecule has 0 spiro atoms. The Balaban J connectivity index is 4.60. The molecule has 0 amide bonds. The Morgan fingerprint density at radius 2 is 1.36 bits per heavy atom. The average Bonchev–Trinajstić information content (AvgIpc) is 2.30. The first-order chi connectivity index (χ1) is 9.80. The van der Waals surface area contributed by atoms with Crippen LogP contribution in [0.2, 0.25) is 0 Å².